The molecule has 7 heteroatoms. The van der Waals surface area contributed by atoms with Crippen LogP contribution < -0.4 is 10.9 Å². The maximum Gasteiger partial charge on any atom is 0.276 e. The van der Waals surface area contributed by atoms with Crippen LogP contribution in [-0.2, 0) is 6.54 Å². The van der Waals surface area contributed by atoms with Crippen LogP contribution >= 0.6 is 23.8 Å². The summed E-state index contributed by atoms with van der Waals surface area (Å²) in [4.78, 5) is 17.7. The van der Waals surface area contributed by atoms with Gasteiger partial charge in [0.05, 0.1) is 12.1 Å². The monoisotopic (exact) mass is 360 g/mol. The number of rotatable bonds is 3. The SMILES string of the molecule is O=c1[nH]c(=S)n(Cc2ccc(Cl)cc2[C@H]2CCCN2)c2cc[nH]c12. The first-order chi connectivity index (χ1) is 11.6. The predicted molar refractivity (Wildman–Crippen MR) is 98.3 cm³/mol. The average molecular weight is 361 g/mol. The fraction of sp³-hybridized carbons (Fsp3) is 0.294. The van der Waals surface area contributed by atoms with Gasteiger partial charge in [-0.25, -0.2) is 0 Å². The number of H-pyrrole nitrogens is 2. The third-order valence-corrected chi connectivity index (χ3v) is 5.14. The minimum atomic E-state index is -0.190. The lowest BCUT2D eigenvalue weighted by molar-refractivity contribution is 0.633. The fourth-order valence-corrected chi connectivity index (χ4v) is 3.85. The third kappa shape index (κ3) is 2.70. The van der Waals surface area contributed by atoms with Crippen molar-refractivity contribution in [2.45, 2.75) is 25.4 Å². The van der Waals surface area contributed by atoms with Crippen LogP contribution in [0.1, 0.15) is 30.0 Å². The molecule has 24 heavy (non-hydrogen) atoms. The first-order valence-electron chi connectivity index (χ1n) is 7.95. The number of hydrogen-bond acceptors (Lipinski definition) is 3. The van der Waals surface area contributed by atoms with E-state index in [0.29, 0.717) is 22.9 Å². The largest absolute Gasteiger partial charge is 0.355 e. The van der Waals surface area contributed by atoms with Gasteiger partial charge in [0.15, 0.2) is 4.77 Å². The molecule has 0 unspecified atom stereocenters. The Labute approximate surface area is 148 Å². The van der Waals surface area contributed by atoms with E-state index in [1.807, 2.05) is 28.8 Å². The fourth-order valence-electron chi connectivity index (χ4n) is 3.42. The van der Waals surface area contributed by atoms with Crippen LogP contribution in [0.25, 0.3) is 11.0 Å². The Hall–Kier alpha value is -1.89. The average Bonchev–Trinajstić information content (AvgIpc) is 3.24. The van der Waals surface area contributed by atoms with E-state index in [1.54, 1.807) is 6.20 Å². The first-order valence-corrected chi connectivity index (χ1v) is 8.74. The standard InChI is InChI=1S/C17H17ClN4OS/c18-11-4-3-10(12(8-11)13-2-1-6-19-13)9-22-14-5-7-20-15(14)16(23)21-17(22)24/h3-5,7-8,13,19-20H,1-2,6,9H2,(H,21,23,24)/t13-/m1/s1. The van der Waals surface area contributed by atoms with Gasteiger partial charge in [-0.1, -0.05) is 17.7 Å². The zero-order valence-electron chi connectivity index (χ0n) is 12.9. The van der Waals surface area contributed by atoms with Gasteiger partial charge >= 0.3 is 0 Å². The van der Waals surface area contributed by atoms with Crippen molar-refractivity contribution < 1.29 is 0 Å². The Morgan fingerprint density at radius 3 is 3.00 bits per heavy atom. The Bertz CT molecular complexity index is 1010. The van der Waals surface area contributed by atoms with Gasteiger partial charge in [-0.3, -0.25) is 9.78 Å². The molecule has 0 spiro atoms. The van der Waals surface area contributed by atoms with E-state index >= 15 is 0 Å². The highest BCUT2D eigenvalue weighted by molar-refractivity contribution is 7.71. The molecular weight excluding hydrogens is 344 g/mol. The second-order valence-corrected chi connectivity index (χ2v) is 6.90. The Morgan fingerprint density at radius 1 is 1.33 bits per heavy atom. The van der Waals surface area contributed by atoms with Gasteiger partial charge in [0.25, 0.3) is 5.56 Å². The number of benzene rings is 1. The van der Waals surface area contributed by atoms with Gasteiger partial charge in [0.1, 0.15) is 5.52 Å². The van der Waals surface area contributed by atoms with Crippen molar-refractivity contribution in [2.24, 2.45) is 0 Å². The molecule has 1 saturated heterocycles. The van der Waals surface area contributed by atoms with Crippen LogP contribution in [0.4, 0.5) is 0 Å². The van der Waals surface area contributed by atoms with Gasteiger partial charge in [-0.05, 0) is 60.9 Å². The van der Waals surface area contributed by atoms with E-state index in [9.17, 15) is 4.79 Å². The molecular formula is C17H17ClN4OS. The minimum absolute atomic E-state index is 0.190. The zero-order chi connectivity index (χ0) is 16.7. The van der Waals surface area contributed by atoms with E-state index in [4.69, 9.17) is 23.8 Å². The summed E-state index contributed by atoms with van der Waals surface area (Å²) >= 11 is 11.6. The van der Waals surface area contributed by atoms with Crippen molar-refractivity contribution in [1.82, 2.24) is 19.9 Å². The third-order valence-electron chi connectivity index (χ3n) is 4.58. The quantitative estimate of drug-likeness (QED) is 0.626. The topological polar surface area (TPSA) is 65.6 Å². The second-order valence-electron chi connectivity index (χ2n) is 6.08. The molecule has 1 aliphatic heterocycles. The summed E-state index contributed by atoms with van der Waals surface area (Å²) in [5.41, 5.74) is 3.52. The Morgan fingerprint density at radius 2 is 2.21 bits per heavy atom. The lowest BCUT2D eigenvalue weighted by Crippen LogP contribution is -2.18. The summed E-state index contributed by atoms with van der Waals surface area (Å²) in [5.74, 6) is 0. The molecule has 0 amide bonds. The van der Waals surface area contributed by atoms with E-state index in [2.05, 4.69) is 15.3 Å². The number of hydrogen-bond donors (Lipinski definition) is 3. The van der Waals surface area contributed by atoms with Crippen LogP contribution in [0, 0.1) is 4.77 Å². The number of nitrogens with one attached hydrogen (secondary N) is 3. The Balaban J connectivity index is 1.83. The van der Waals surface area contributed by atoms with Gasteiger partial charge in [0, 0.05) is 17.3 Å². The van der Waals surface area contributed by atoms with Crippen molar-refractivity contribution in [3.63, 3.8) is 0 Å². The lowest BCUT2D eigenvalue weighted by atomic mass is 9.99. The summed E-state index contributed by atoms with van der Waals surface area (Å²) in [7, 11) is 0. The molecule has 3 heterocycles. The predicted octanol–water partition coefficient (Wildman–Crippen LogP) is 3.51. The number of halogens is 1. The maximum absolute atomic E-state index is 12.0. The van der Waals surface area contributed by atoms with Gasteiger partial charge in [0.2, 0.25) is 0 Å². The molecule has 0 saturated carbocycles. The van der Waals surface area contributed by atoms with Crippen LogP contribution in [0.2, 0.25) is 5.02 Å². The lowest BCUT2D eigenvalue weighted by Gasteiger charge is -2.18. The number of nitrogens with zero attached hydrogens (tertiary/aromatic N) is 1. The summed E-state index contributed by atoms with van der Waals surface area (Å²) in [6, 6.07) is 8.17. The van der Waals surface area contributed by atoms with Crippen molar-refractivity contribution in [3.05, 3.63) is 61.7 Å². The molecule has 3 aromatic rings. The summed E-state index contributed by atoms with van der Waals surface area (Å²) < 4.78 is 2.37. The van der Waals surface area contributed by atoms with Crippen molar-refractivity contribution in [1.29, 1.82) is 0 Å². The molecule has 1 aromatic carbocycles. The number of fused-ring (bicyclic) bond motifs is 1. The molecule has 1 atom stereocenters. The van der Waals surface area contributed by atoms with Gasteiger partial charge < -0.3 is 14.9 Å². The molecule has 2 aromatic heterocycles. The van der Waals surface area contributed by atoms with Crippen LogP contribution in [0.5, 0.6) is 0 Å². The summed E-state index contributed by atoms with van der Waals surface area (Å²) in [5, 5.41) is 4.26. The molecule has 1 fully saturated rings. The van der Waals surface area contributed by atoms with E-state index in [-0.39, 0.29) is 5.56 Å². The van der Waals surface area contributed by atoms with E-state index in [0.717, 1.165) is 35.5 Å². The highest BCUT2D eigenvalue weighted by Gasteiger charge is 2.20. The number of aromatic nitrogens is 3. The Kier molecular flexibility index (Phi) is 4.04. The molecule has 3 N–H and O–H groups in total. The summed E-state index contributed by atoms with van der Waals surface area (Å²) in [6.45, 7) is 1.62. The van der Waals surface area contributed by atoms with Gasteiger partial charge in [-0.15, -0.1) is 0 Å². The van der Waals surface area contributed by atoms with E-state index < -0.39 is 0 Å². The minimum Gasteiger partial charge on any atom is -0.355 e. The zero-order valence-corrected chi connectivity index (χ0v) is 14.5. The molecule has 124 valence electrons. The molecule has 4 rings (SSSR count). The highest BCUT2D eigenvalue weighted by Crippen LogP contribution is 2.29. The van der Waals surface area contributed by atoms with Crippen LogP contribution in [-0.4, -0.2) is 21.1 Å². The number of aromatic amines is 2. The molecule has 0 radical (unpaired) electrons. The smallest absolute Gasteiger partial charge is 0.276 e. The second kappa shape index (κ2) is 6.20. The summed E-state index contributed by atoms with van der Waals surface area (Å²) in [6.07, 6.45) is 4.02. The highest BCUT2D eigenvalue weighted by atomic mass is 35.5. The normalized spacial score (nSPS) is 17.6. The van der Waals surface area contributed by atoms with Crippen LogP contribution in [0.3, 0.4) is 0 Å². The molecule has 5 nitrogen and oxygen atoms in total. The van der Waals surface area contributed by atoms with Crippen molar-refractivity contribution >= 4 is 34.9 Å². The van der Waals surface area contributed by atoms with Crippen molar-refractivity contribution in [3.8, 4) is 0 Å². The molecule has 1 aliphatic rings. The molecule has 0 bridgehead atoms. The maximum atomic E-state index is 12.0. The van der Waals surface area contributed by atoms with Crippen LogP contribution in [0.15, 0.2) is 35.3 Å². The molecule has 0 aliphatic carbocycles. The van der Waals surface area contributed by atoms with Crippen molar-refractivity contribution in [2.75, 3.05) is 6.54 Å². The van der Waals surface area contributed by atoms with E-state index in [1.165, 1.54) is 5.56 Å². The van der Waals surface area contributed by atoms with Gasteiger partial charge in [-0.2, -0.15) is 0 Å². The first kappa shape index (κ1) is 15.6.